The molecule has 0 radical (unpaired) electrons. The first-order valence-electron chi connectivity index (χ1n) is 8.26. The summed E-state index contributed by atoms with van der Waals surface area (Å²) in [5.74, 6) is 1.89. The van der Waals surface area contributed by atoms with Crippen molar-refractivity contribution in [3.63, 3.8) is 0 Å². The molecule has 1 aromatic rings. The number of rotatable bonds is 3. The maximum absolute atomic E-state index is 13.3. The Morgan fingerprint density at radius 2 is 1.90 bits per heavy atom. The topological polar surface area (TPSA) is 26.0 Å². The van der Waals surface area contributed by atoms with Crippen LogP contribution in [0.3, 0.4) is 0 Å². The summed E-state index contributed by atoms with van der Waals surface area (Å²) in [7, 11) is 0. The Balaban J connectivity index is 2.14. The van der Waals surface area contributed by atoms with E-state index in [1.54, 1.807) is 12.1 Å². The summed E-state index contributed by atoms with van der Waals surface area (Å²) in [4.78, 5) is 0. The Labute approximate surface area is 129 Å². The molecule has 2 heteroatoms. The minimum absolute atomic E-state index is 0.136. The van der Waals surface area contributed by atoms with Crippen molar-refractivity contribution < 1.29 is 4.39 Å². The predicted molar refractivity (Wildman–Crippen MR) is 87.7 cm³/mol. The molecule has 1 aromatic carbocycles. The molecule has 0 amide bonds. The zero-order chi connectivity index (χ0) is 15.6. The van der Waals surface area contributed by atoms with Crippen LogP contribution in [0.2, 0.25) is 0 Å². The first-order valence-corrected chi connectivity index (χ1v) is 8.26. The lowest BCUT2D eigenvalue weighted by Gasteiger charge is -2.42. The second-order valence-corrected chi connectivity index (χ2v) is 7.91. The van der Waals surface area contributed by atoms with E-state index >= 15 is 0 Å². The molecule has 0 aromatic heterocycles. The highest BCUT2D eigenvalue weighted by Crippen LogP contribution is 2.43. The van der Waals surface area contributed by atoms with Crippen molar-refractivity contribution in [2.24, 2.45) is 28.9 Å². The molecule has 0 heterocycles. The minimum atomic E-state index is -0.136. The molecule has 3 unspecified atom stereocenters. The van der Waals surface area contributed by atoms with Gasteiger partial charge in [-0.3, -0.25) is 0 Å². The molecule has 0 bridgehead atoms. The van der Waals surface area contributed by atoms with Gasteiger partial charge in [-0.05, 0) is 85.6 Å². The fourth-order valence-electron chi connectivity index (χ4n) is 3.84. The van der Waals surface area contributed by atoms with Gasteiger partial charge in [0.15, 0.2) is 0 Å². The highest BCUT2D eigenvalue weighted by atomic mass is 19.1. The number of hydrogen-bond acceptors (Lipinski definition) is 1. The van der Waals surface area contributed by atoms with Gasteiger partial charge in [0.25, 0.3) is 0 Å². The quantitative estimate of drug-likeness (QED) is 0.857. The van der Waals surface area contributed by atoms with Crippen LogP contribution in [0, 0.1) is 35.9 Å². The normalized spacial score (nSPS) is 26.9. The van der Waals surface area contributed by atoms with E-state index in [0.29, 0.717) is 17.3 Å². The lowest BCUT2D eigenvalue weighted by Crippen LogP contribution is -2.36. The lowest BCUT2D eigenvalue weighted by molar-refractivity contribution is 0.101. The summed E-state index contributed by atoms with van der Waals surface area (Å²) in [5, 5.41) is 0. The van der Waals surface area contributed by atoms with Crippen molar-refractivity contribution >= 4 is 0 Å². The average Bonchev–Trinajstić information content (AvgIpc) is 2.41. The second kappa shape index (κ2) is 6.48. The van der Waals surface area contributed by atoms with Crippen molar-refractivity contribution in [1.82, 2.24) is 0 Å². The van der Waals surface area contributed by atoms with Crippen LogP contribution in [0.25, 0.3) is 0 Å². The molecule has 1 nitrogen and oxygen atoms in total. The molecule has 118 valence electrons. The number of nitrogens with two attached hydrogens (primary N) is 1. The highest BCUT2D eigenvalue weighted by molar-refractivity contribution is 5.27. The van der Waals surface area contributed by atoms with Crippen LogP contribution in [0.5, 0.6) is 0 Å². The van der Waals surface area contributed by atoms with Gasteiger partial charge >= 0.3 is 0 Å². The number of aryl methyl sites for hydroxylation is 1. The van der Waals surface area contributed by atoms with Gasteiger partial charge in [-0.25, -0.2) is 4.39 Å². The van der Waals surface area contributed by atoms with Crippen molar-refractivity contribution in [2.45, 2.75) is 53.4 Å². The number of hydrogen-bond donors (Lipinski definition) is 1. The van der Waals surface area contributed by atoms with Gasteiger partial charge in [0.2, 0.25) is 0 Å². The Bertz CT molecular complexity index is 475. The van der Waals surface area contributed by atoms with Crippen LogP contribution in [-0.2, 0) is 6.42 Å². The molecule has 0 aliphatic heterocycles. The van der Waals surface area contributed by atoms with Gasteiger partial charge in [-0.2, -0.15) is 0 Å². The molecule has 2 N–H and O–H groups in total. The standard InChI is InChI=1S/C19H30FN/c1-13-9-18(20)8-6-14(13)10-16-11-17(19(2,3)4)7-5-15(16)12-21/h6,8-9,15-17H,5,7,10-12,21H2,1-4H3. The maximum atomic E-state index is 13.3. The smallest absolute Gasteiger partial charge is 0.123 e. The van der Waals surface area contributed by atoms with Crippen molar-refractivity contribution in [3.8, 4) is 0 Å². The molecule has 0 spiro atoms. The summed E-state index contributed by atoms with van der Waals surface area (Å²) in [5.41, 5.74) is 8.73. The van der Waals surface area contributed by atoms with Crippen molar-refractivity contribution in [2.75, 3.05) is 6.54 Å². The third-order valence-electron chi connectivity index (χ3n) is 5.45. The van der Waals surface area contributed by atoms with E-state index in [4.69, 9.17) is 5.73 Å². The summed E-state index contributed by atoms with van der Waals surface area (Å²) >= 11 is 0. The summed E-state index contributed by atoms with van der Waals surface area (Å²) in [6.07, 6.45) is 4.83. The first kappa shape index (κ1) is 16.5. The molecule has 0 saturated heterocycles. The van der Waals surface area contributed by atoms with Gasteiger partial charge in [0.05, 0.1) is 0 Å². The van der Waals surface area contributed by atoms with Gasteiger partial charge in [-0.15, -0.1) is 0 Å². The first-order chi connectivity index (χ1) is 9.81. The Hall–Kier alpha value is -0.890. The van der Waals surface area contributed by atoms with E-state index in [1.807, 2.05) is 13.0 Å². The molecule has 21 heavy (non-hydrogen) atoms. The highest BCUT2D eigenvalue weighted by Gasteiger charge is 2.35. The zero-order valence-electron chi connectivity index (χ0n) is 14.0. The monoisotopic (exact) mass is 291 g/mol. The molecular formula is C19H30FN. The predicted octanol–water partition coefficient (Wildman–Crippen LogP) is 4.71. The Morgan fingerprint density at radius 1 is 1.19 bits per heavy atom. The lowest BCUT2D eigenvalue weighted by atomic mass is 9.64. The number of benzene rings is 1. The van der Waals surface area contributed by atoms with E-state index in [2.05, 4.69) is 20.8 Å². The summed E-state index contributed by atoms with van der Waals surface area (Å²) in [6.45, 7) is 9.84. The maximum Gasteiger partial charge on any atom is 0.123 e. The van der Waals surface area contributed by atoms with Crippen LogP contribution >= 0.6 is 0 Å². The van der Waals surface area contributed by atoms with E-state index < -0.39 is 0 Å². The van der Waals surface area contributed by atoms with E-state index in [0.717, 1.165) is 24.4 Å². The molecular weight excluding hydrogens is 261 g/mol. The largest absolute Gasteiger partial charge is 0.330 e. The average molecular weight is 291 g/mol. The van der Waals surface area contributed by atoms with Gasteiger partial charge < -0.3 is 5.73 Å². The van der Waals surface area contributed by atoms with E-state index in [9.17, 15) is 4.39 Å². The molecule has 3 atom stereocenters. The third-order valence-corrected chi connectivity index (χ3v) is 5.45. The van der Waals surface area contributed by atoms with Crippen molar-refractivity contribution in [1.29, 1.82) is 0 Å². The zero-order valence-corrected chi connectivity index (χ0v) is 14.0. The fraction of sp³-hybridized carbons (Fsp3) is 0.684. The van der Waals surface area contributed by atoms with Gasteiger partial charge in [-0.1, -0.05) is 26.8 Å². The second-order valence-electron chi connectivity index (χ2n) is 7.91. The van der Waals surface area contributed by atoms with Crippen LogP contribution in [0.1, 0.15) is 51.2 Å². The Morgan fingerprint density at radius 3 is 2.48 bits per heavy atom. The molecule has 1 aliphatic carbocycles. The molecule has 1 saturated carbocycles. The summed E-state index contributed by atoms with van der Waals surface area (Å²) < 4.78 is 13.3. The fourth-order valence-corrected chi connectivity index (χ4v) is 3.84. The van der Waals surface area contributed by atoms with Crippen LogP contribution in [-0.4, -0.2) is 6.54 Å². The third kappa shape index (κ3) is 4.06. The SMILES string of the molecule is Cc1cc(F)ccc1CC1CC(C(C)(C)C)CCC1CN. The summed E-state index contributed by atoms with van der Waals surface area (Å²) in [6, 6.07) is 5.19. The van der Waals surface area contributed by atoms with Crippen molar-refractivity contribution in [3.05, 3.63) is 35.1 Å². The Kier molecular flexibility index (Phi) is 5.08. The van der Waals surface area contributed by atoms with Crippen LogP contribution in [0.4, 0.5) is 4.39 Å². The van der Waals surface area contributed by atoms with E-state index in [1.165, 1.54) is 24.8 Å². The van der Waals surface area contributed by atoms with Gasteiger partial charge in [0, 0.05) is 0 Å². The van der Waals surface area contributed by atoms with Gasteiger partial charge in [0.1, 0.15) is 5.82 Å². The minimum Gasteiger partial charge on any atom is -0.330 e. The van der Waals surface area contributed by atoms with Crippen LogP contribution < -0.4 is 5.73 Å². The van der Waals surface area contributed by atoms with E-state index in [-0.39, 0.29) is 5.82 Å². The molecule has 1 aliphatic rings. The molecule has 2 rings (SSSR count). The van der Waals surface area contributed by atoms with Crippen LogP contribution in [0.15, 0.2) is 18.2 Å². The molecule has 1 fully saturated rings. The number of halogens is 1.